The van der Waals surface area contributed by atoms with Crippen LogP contribution in [-0.4, -0.2) is 20.2 Å². The third kappa shape index (κ3) is 3.03. The van der Waals surface area contributed by atoms with Gasteiger partial charge in [-0.15, -0.1) is 0 Å². The van der Waals surface area contributed by atoms with E-state index < -0.39 is 0 Å². The van der Waals surface area contributed by atoms with Crippen LogP contribution in [0.2, 0.25) is 0 Å². The molecule has 0 saturated carbocycles. The van der Waals surface area contributed by atoms with Gasteiger partial charge in [-0.2, -0.15) is 0 Å². The zero-order valence-electron chi connectivity index (χ0n) is 12.7. The number of nitrogens with zero attached hydrogens (tertiary/aromatic N) is 1. The molecule has 2 aromatic carbocycles. The van der Waals surface area contributed by atoms with Gasteiger partial charge in [0.15, 0.2) is 0 Å². The molecule has 21 heavy (non-hydrogen) atoms. The summed E-state index contributed by atoms with van der Waals surface area (Å²) in [7, 11) is 1.98. The average Bonchev–Trinajstić information content (AvgIpc) is 2.71. The number of benzene rings is 2. The van der Waals surface area contributed by atoms with E-state index in [0.717, 1.165) is 32.0 Å². The van der Waals surface area contributed by atoms with Crippen LogP contribution in [0, 0.1) is 6.92 Å². The van der Waals surface area contributed by atoms with Gasteiger partial charge in [-0.3, -0.25) is 0 Å². The van der Waals surface area contributed by atoms with E-state index in [1.807, 2.05) is 13.1 Å². The Hall–Kier alpha value is -2.00. The lowest BCUT2D eigenvalue weighted by Gasteiger charge is -2.23. The monoisotopic (exact) mass is 282 g/mol. The highest BCUT2D eigenvalue weighted by atomic mass is 16.5. The third-order valence-electron chi connectivity index (χ3n) is 4.01. The predicted octanol–water partition coefficient (Wildman–Crippen LogP) is 3.11. The van der Waals surface area contributed by atoms with Gasteiger partial charge in [-0.05, 0) is 43.3 Å². The molecule has 0 spiro atoms. The lowest BCUT2D eigenvalue weighted by atomic mass is 10.1. The van der Waals surface area contributed by atoms with Gasteiger partial charge in [0.2, 0.25) is 0 Å². The zero-order chi connectivity index (χ0) is 14.7. The molecule has 1 heterocycles. The second-order valence-electron chi connectivity index (χ2n) is 5.52. The normalized spacial score (nSPS) is 14.3. The maximum Gasteiger partial charge on any atom is 0.124 e. The van der Waals surface area contributed by atoms with Gasteiger partial charge in [0.05, 0.1) is 6.54 Å². The highest BCUT2D eigenvalue weighted by Crippen LogP contribution is 2.27. The molecule has 0 unspecified atom stereocenters. The number of anilines is 1. The molecule has 1 aliphatic heterocycles. The maximum atomic E-state index is 5.84. The first-order valence-corrected chi connectivity index (χ1v) is 7.47. The molecule has 1 N–H and O–H groups in total. The van der Waals surface area contributed by atoms with Crippen molar-refractivity contribution in [1.82, 2.24) is 5.32 Å². The lowest BCUT2D eigenvalue weighted by molar-refractivity contribution is 0.331. The molecule has 3 nitrogen and oxygen atoms in total. The molecule has 3 rings (SSSR count). The number of hydrogen-bond donors (Lipinski definition) is 1. The Kier molecular flexibility index (Phi) is 4.11. The minimum Gasteiger partial charge on any atom is -0.491 e. The molecule has 3 heteroatoms. The SMILES string of the molecule is CNCc1ccc(N2CCOc3ccccc3C2)cc1C. The smallest absolute Gasteiger partial charge is 0.124 e. The fourth-order valence-corrected chi connectivity index (χ4v) is 2.81. The second-order valence-corrected chi connectivity index (χ2v) is 5.52. The second kappa shape index (κ2) is 6.19. The summed E-state index contributed by atoms with van der Waals surface area (Å²) in [6.07, 6.45) is 0. The Labute approximate surface area is 126 Å². The van der Waals surface area contributed by atoms with E-state index in [2.05, 4.69) is 53.5 Å². The van der Waals surface area contributed by atoms with Crippen LogP contribution in [0.3, 0.4) is 0 Å². The quantitative estimate of drug-likeness (QED) is 0.936. The summed E-state index contributed by atoms with van der Waals surface area (Å²) in [6, 6.07) is 15.0. The van der Waals surface area contributed by atoms with Crippen LogP contribution >= 0.6 is 0 Å². The fourth-order valence-electron chi connectivity index (χ4n) is 2.81. The van der Waals surface area contributed by atoms with Crippen LogP contribution in [0.5, 0.6) is 5.75 Å². The molecule has 1 aliphatic rings. The highest BCUT2D eigenvalue weighted by Gasteiger charge is 2.15. The van der Waals surface area contributed by atoms with Crippen LogP contribution in [0.4, 0.5) is 5.69 Å². The van der Waals surface area contributed by atoms with Crippen molar-refractivity contribution in [3.63, 3.8) is 0 Å². The van der Waals surface area contributed by atoms with E-state index in [9.17, 15) is 0 Å². The molecule has 0 fully saturated rings. The van der Waals surface area contributed by atoms with Crippen molar-refractivity contribution in [3.8, 4) is 5.75 Å². The van der Waals surface area contributed by atoms with E-state index in [1.54, 1.807) is 0 Å². The summed E-state index contributed by atoms with van der Waals surface area (Å²) in [5.41, 5.74) is 5.22. The van der Waals surface area contributed by atoms with Crippen LogP contribution in [0.1, 0.15) is 16.7 Å². The van der Waals surface area contributed by atoms with Gasteiger partial charge in [-0.25, -0.2) is 0 Å². The van der Waals surface area contributed by atoms with Crippen LogP contribution in [-0.2, 0) is 13.1 Å². The van der Waals surface area contributed by atoms with Gasteiger partial charge in [0.1, 0.15) is 12.4 Å². The first kappa shape index (κ1) is 14.0. The molecule has 0 saturated heterocycles. The van der Waals surface area contributed by atoms with Crippen molar-refractivity contribution in [3.05, 3.63) is 59.2 Å². The Morgan fingerprint density at radius 3 is 2.86 bits per heavy atom. The number of fused-ring (bicyclic) bond motifs is 1. The van der Waals surface area contributed by atoms with Crippen LogP contribution in [0.25, 0.3) is 0 Å². The Morgan fingerprint density at radius 1 is 1.19 bits per heavy atom. The van der Waals surface area contributed by atoms with E-state index in [-0.39, 0.29) is 0 Å². The first-order valence-electron chi connectivity index (χ1n) is 7.47. The number of ether oxygens (including phenoxy) is 1. The molecular weight excluding hydrogens is 260 g/mol. The van der Waals surface area contributed by atoms with Gasteiger partial charge >= 0.3 is 0 Å². The summed E-state index contributed by atoms with van der Waals surface area (Å²) in [4.78, 5) is 2.39. The number of nitrogens with one attached hydrogen (secondary N) is 1. The largest absolute Gasteiger partial charge is 0.491 e. The number of rotatable bonds is 3. The van der Waals surface area contributed by atoms with E-state index in [1.165, 1.54) is 22.4 Å². The molecule has 0 amide bonds. The minimum atomic E-state index is 0.730. The molecule has 0 radical (unpaired) electrons. The highest BCUT2D eigenvalue weighted by molar-refractivity contribution is 5.52. The number of aryl methyl sites for hydroxylation is 1. The summed E-state index contributed by atoms with van der Waals surface area (Å²) < 4.78 is 5.84. The van der Waals surface area contributed by atoms with Crippen molar-refractivity contribution in [2.75, 3.05) is 25.1 Å². The lowest BCUT2D eigenvalue weighted by Crippen LogP contribution is -2.25. The molecular formula is C18H22N2O. The van der Waals surface area contributed by atoms with E-state index in [4.69, 9.17) is 4.74 Å². The van der Waals surface area contributed by atoms with Crippen molar-refractivity contribution in [2.45, 2.75) is 20.0 Å². The van der Waals surface area contributed by atoms with Crippen molar-refractivity contribution >= 4 is 5.69 Å². The van der Waals surface area contributed by atoms with Gasteiger partial charge in [-0.1, -0.05) is 24.3 Å². The first-order chi connectivity index (χ1) is 10.3. The number of para-hydroxylation sites is 1. The summed E-state index contributed by atoms with van der Waals surface area (Å²) >= 11 is 0. The van der Waals surface area contributed by atoms with Crippen molar-refractivity contribution < 1.29 is 4.74 Å². The van der Waals surface area contributed by atoms with Gasteiger partial charge in [0.25, 0.3) is 0 Å². The fraction of sp³-hybridized carbons (Fsp3) is 0.333. The molecule has 0 bridgehead atoms. The Bertz CT molecular complexity index is 624. The topological polar surface area (TPSA) is 24.5 Å². The van der Waals surface area contributed by atoms with Gasteiger partial charge < -0.3 is 15.0 Å². The summed E-state index contributed by atoms with van der Waals surface area (Å²) in [5, 5.41) is 3.21. The number of hydrogen-bond acceptors (Lipinski definition) is 3. The predicted molar refractivity (Wildman–Crippen MR) is 86.9 cm³/mol. The summed E-state index contributed by atoms with van der Waals surface area (Å²) in [5.74, 6) is 1.02. The van der Waals surface area contributed by atoms with Crippen molar-refractivity contribution in [1.29, 1.82) is 0 Å². The molecule has 110 valence electrons. The Morgan fingerprint density at radius 2 is 2.05 bits per heavy atom. The third-order valence-corrected chi connectivity index (χ3v) is 4.01. The molecule has 0 aliphatic carbocycles. The molecule has 0 aromatic heterocycles. The van der Waals surface area contributed by atoms with Gasteiger partial charge in [0, 0.05) is 24.3 Å². The zero-order valence-corrected chi connectivity index (χ0v) is 12.7. The molecule has 2 aromatic rings. The maximum absolute atomic E-state index is 5.84. The summed E-state index contributed by atoms with van der Waals surface area (Å²) in [6.45, 7) is 5.64. The molecule has 0 atom stereocenters. The van der Waals surface area contributed by atoms with Crippen LogP contribution in [0.15, 0.2) is 42.5 Å². The minimum absolute atomic E-state index is 0.730. The van der Waals surface area contributed by atoms with E-state index in [0.29, 0.717) is 0 Å². The average molecular weight is 282 g/mol. The van der Waals surface area contributed by atoms with Crippen LogP contribution < -0.4 is 15.0 Å². The standard InChI is InChI=1S/C18H22N2O/c1-14-11-17(8-7-15(14)12-19-2)20-9-10-21-18-6-4-3-5-16(18)13-20/h3-8,11,19H,9-10,12-13H2,1-2H3. The Balaban J connectivity index is 1.85. The van der Waals surface area contributed by atoms with Crippen molar-refractivity contribution in [2.24, 2.45) is 0 Å². The van der Waals surface area contributed by atoms with E-state index >= 15 is 0 Å².